The second-order valence-electron chi connectivity index (χ2n) is 5.16. The maximum Gasteiger partial charge on any atom is 0.309 e. The lowest BCUT2D eigenvalue weighted by Gasteiger charge is -2.29. The molecular formula is C15H17NO3. The predicted octanol–water partition coefficient (Wildman–Crippen LogP) is 1.92. The molecule has 0 radical (unpaired) electrons. The van der Waals surface area contributed by atoms with Gasteiger partial charge in [0.15, 0.2) is 6.61 Å². The van der Waals surface area contributed by atoms with E-state index in [2.05, 4.69) is 0 Å². The molecule has 1 heterocycles. The van der Waals surface area contributed by atoms with Crippen molar-refractivity contribution in [1.82, 2.24) is 0 Å². The zero-order valence-corrected chi connectivity index (χ0v) is 10.8. The Hall–Kier alpha value is -1.84. The van der Waals surface area contributed by atoms with E-state index in [0.717, 1.165) is 31.4 Å². The van der Waals surface area contributed by atoms with Crippen molar-refractivity contribution in [3.05, 3.63) is 29.8 Å². The first kappa shape index (κ1) is 12.2. The van der Waals surface area contributed by atoms with E-state index in [9.17, 15) is 9.59 Å². The van der Waals surface area contributed by atoms with Crippen LogP contribution in [0, 0.1) is 5.92 Å². The normalized spacial score (nSPS) is 17.8. The zero-order valence-electron chi connectivity index (χ0n) is 10.8. The highest BCUT2D eigenvalue weighted by Crippen LogP contribution is 2.30. The quantitative estimate of drug-likeness (QED) is 0.779. The van der Waals surface area contributed by atoms with Crippen LogP contribution in [-0.4, -0.2) is 25.0 Å². The average molecular weight is 259 g/mol. The first-order chi connectivity index (χ1) is 9.25. The van der Waals surface area contributed by atoms with E-state index in [0.29, 0.717) is 6.54 Å². The van der Waals surface area contributed by atoms with Gasteiger partial charge in [-0.05, 0) is 37.3 Å². The van der Waals surface area contributed by atoms with Gasteiger partial charge >= 0.3 is 5.97 Å². The number of carbonyl (C=O) groups excluding carboxylic acids is 2. The van der Waals surface area contributed by atoms with Gasteiger partial charge in [-0.15, -0.1) is 0 Å². The summed E-state index contributed by atoms with van der Waals surface area (Å²) < 4.78 is 5.07. The van der Waals surface area contributed by atoms with E-state index in [-0.39, 0.29) is 24.4 Å². The van der Waals surface area contributed by atoms with Crippen LogP contribution in [0.2, 0.25) is 0 Å². The van der Waals surface area contributed by atoms with Crippen molar-refractivity contribution >= 4 is 17.6 Å². The van der Waals surface area contributed by atoms with Gasteiger partial charge in [0.05, 0.1) is 5.92 Å². The van der Waals surface area contributed by atoms with Crippen LogP contribution in [0.15, 0.2) is 24.3 Å². The Labute approximate surface area is 112 Å². The number of amides is 1. The summed E-state index contributed by atoms with van der Waals surface area (Å²) in [5, 5.41) is 0. The summed E-state index contributed by atoms with van der Waals surface area (Å²) in [4.78, 5) is 25.3. The lowest BCUT2D eigenvalue weighted by Crippen LogP contribution is -2.38. The second kappa shape index (κ2) is 5.03. The Morgan fingerprint density at radius 3 is 2.84 bits per heavy atom. The minimum atomic E-state index is -0.223. The van der Waals surface area contributed by atoms with E-state index in [1.165, 1.54) is 5.56 Å². The van der Waals surface area contributed by atoms with Crippen LogP contribution < -0.4 is 4.90 Å². The topological polar surface area (TPSA) is 46.6 Å². The summed E-state index contributed by atoms with van der Waals surface area (Å²) in [7, 11) is 0. The molecule has 0 atom stereocenters. The van der Waals surface area contributed by atoms with Gasteiger partial charge < -0.3 is 9.64 Å². The summed E-state index contributed by atoms with van der Waals surface area (Å²) in [6, 6.07) is 7.92. The number of fused-ring (bicyclic) bond motifs is 1. The number of para-hydroxylation sites is 1. The number of hydrogen-bond acceptors (Lipinski definition) is 3. The van der Waals surface area contributed by atoms with Crippen LogP contribution in [0.4, 0.5) is 5.69 Å². The molecule has 0 N–H and O–H groups in total. The average Bonchev–Trinajstić information content (AvgIpc) is 3.28. The number of carbonyl (C=O) groups is 2. The number of nitrogens with zero attached hydrogens (tertiary/aromatic N) is 1. The molecule has 1 aliphatic carbocycles. The van der Waals surface area contributed by atoms with Crippen LogP contribution in [0.3, 0.4) is 0 Å². The highest BCUT2D eigenvalue weighted by molar-refractivity contribution is 5.96. The van der Waals surface area contributed by atoms with Crippen molar-refractivity contribution in [2.75, 3.05) is 18.1 Å². The molecule has 2 aliphatic rings. The first-order valence-corrected chi connectivity index (χ1v) is 6.80. The van der Waals surface area contributed by atoms with Crippen LogP contribution in [0.25, 0.3) is 0 Å². The minimum Gasteiger partial charge on any atom is -0.455 e. The van der Waals surface area contributed by atoms with Gasteiger partial charge in [0, 0.05) is 12.2 Å². The number of esters is 1. The Kier molecular flexibility index (Phi) is 3.23. The van der Waals surface area contributed by atoms with Crippen LogP contribution in [-0.2, 0) is 20.7 Å². The van der Waals surface area contributed by atoms with Gasteiger partial charge in [0.25, 0.3) is 5.91 Å². The summed E-state index contributed by atoms with van der Waals surface area (Å²) >= 11 is 0. The molecule has 0 unspecified atom stereocenters. The van der Waals surface area contributed by atoms with Crippen molar-refractivity contribution in [2.24, 2.45) is 5.92 Å². The Morgan fingerprint density at radius 2 is 2.05 bits per heavy atom. The maximum atomic E-state index is 12.2. The molecule has 0 spiro atoms. The van der Waals surface area contributed by atoms with E-state index in [1.54, 1.807) is 4.90 Å². The molecule has 4 nitrogen and oxygen atoms in total. The van der Waals surface area contributed by atoms with E-state index in [4.69, 9.17) is 4.74 Å². The Morgan fingerprint density at radius 1 is 1.26 bits per heavy atom. The highest BCUT2D eigenvalue weighted by atomic mass is 16.5. The number of rotatable bonds is 3. The van der Waals surface area contributed by atoms with E-state index < -0.39 is 0 Å². The monoisotopic (exact) mass is 259 g/mol. The molecule has 0 saturated heterocycles. The molecule has 0 aromatic heterocycles. The second-order valence-corrected chi connectivity index (χ2v) is 5.16. The number of aryl methyl sites for hydroxylation is 1. The molecule has 19 heavy (non-hydrogen) atoms. The number of benzene rings is 1. The zero-order chi connectivity index (χ0) is 13.2. The summed E-state index contributed by atoms with van der Waals surface area (Å²) in [5.74, 6) is -0.304. The van der Waals surface area contributed by atoms with Crippen molar-refractivity contribution in [1.29, 1.82) is 0 Å². The third-order valence-corrected chi connectivity index (χ3v) is 3.66. The fourth-order valence-electron chi connectivity index (χ4n) is 2.44. The molecule has 1 fully saturated rings. The molecule has 1 amide bonds. The molecule has 1 aliphatic heterocycles. The van der Waals surface area contributed by atoms with Crippen molar-refractivity contribution in [2.45, 2.75) is 25.7 Å². The van der Waals surface area contributed by atoms with Gasteiger partial charge in [-0.2, -0.15) is 0 Å². The SMILES string of the molecule is O=C(OCC(=O)N1CCCc2ccccc21)C1CC1. The lowest BCUT2D eigenvalue weighted by atomic mass is 10.0. The molecular weight excluding hydrogens is 242 g/mol. The molecule has 1 aromatic rings. The van der Waals surface area contributed by atoms with E-state index >= 15 is 0 Å². The van der Waals surface area contributed by atoms with Gasteiger partial charge in [-0.1, -0.05) is 18.2 Å². The summed E-state index contributed by atoms with van der Waals surface area (Å²) in [6.45, 7) is 0.570. The summed E-state index contributed by atoms with van der Waals surface area (Å²) in [6.07, 6.45) is 3.76. The predicted molar refractivity (Wildman–Crippen MR) is 70.8 cm³/mol. The Balaban J connectivity index is 1.65. The van der Waals surface area contributed by atoms with Gasteiger partial charge in [0.1, 0.15) is 0 Å². The van der Waals surface area contributed by atoms with Crippen LogP contribution in [0.5, 0.6) is 0 Å². The number of ether oxygens (including phenoxy) is 1. The third kappa shape index (κ3) is 2.62. The smallest absolute Gasteiger partial charge is 0.309 e. The fourth-order valence-corrected chi connectivity index (χ4v) is 2.44. The van der Waals surface area contributed by atoms with Gasteiger partial charge in [0.2, 0.25) is 0 Å². The van der Waals surface area contributed by atoms with E-state index in [1.807, 2.05) is 24.3 Å². The number of hydrogen-bond donors (Lipinski definition) is 0. The van der Waals surface area contributed by atoms with Crippen molar-refractivity contribution < 1.29 is 14.3 Å². The molecule has 1 saturated carbocycles. The van der Waals surface area contributed by atoms with Crippen molar-refractivity contribution in [3.63, 3.8) is 0 Å². The van der Waals surface area contributed by atoms with Crippen LogP contribution in [0.1, 0.15) is 24.8 Å². The van der Waals surface area contributed by atoms with Gasteiger partial charge in [-0.25, -0.2) is 0 Å². The minimum absolute atomic E-state index is 0.0430. The molecule has 0 bridgehead atoms. The molecule has 4 heteroatoms. The van der Waals surface area contributed by atoms with Crippen molar-refractivity contribution in [3.8, 4) is 0 Å². The highest BCUT2D eigenvalue weighted by Gasteiger charge is 2.32. The Bertz CT molecular complexity index is 508. The summed E-state index contributed by atoms with van der Waals surface area (Å²) in [5.41, 5.74) is 2.15. The molecule has 1 aromatic carbocycles. The maximum absolute atomic E-state index is 12.2. The van der Waals surface area contributed by atoms with Gasteiger partial charge in [-0.3, -0.25) is 9.59 Å². The standard InChI is InChI=1S/C15H17NO3/c17-14(10-19-15(18)12-7-8-12)16-9-3-5-11-4-1-2-6-13(11)16/h1-2,4,6,12H,3,5,7-10H2. The first-order valence-electron chi connectivity index (χ1n) is 6.80. The largest absolute Gasteiger partial charge is 0.455 e. The van der Waals surface area contributed by atoms with Crippen LogP contribution >= 0.6 is 0 Å². The fraction of sp³-hybridized carbons (Fsp3) is 0.467. The lowest BCUT2D eigenvalue weighted by molar-refractivity contribution is -0.149. The third-order valence-electron chi connectivity index (χ3n) is 3.66. The molecule has 100 valence electrons. The number of anilines is 1. The molecule has 3 rings (SSSR count).